The van der Waals surface area contributed by atoms with Crippen molar-refractivity contribution >= 4 is 21.9 Å². The molecular formula is C17H22BrNO4. The molecule has 2 fully saturated rings. The standard InChI is InChI=1S/C17H22BrNO4/c1-19-8-12(9-19)23-17-14(5-11(18)6-15(17)22-2)13(7-16(20)21)10-3-4-10/h5-6,10,12-13H,3-4,7-9H2,1-2H3,(H,20,21). The number of likely N-dealkylation sites (N-methyl/N-ethyl adjacent to an activating group) is 1. The molecule has 1 atom stereocenters. The monoisotopic (exact) mass is 383 g/mol. The van der Waals surface area contributed by atoms with Gasteiger partial charge >= 0.3 is 5.97 Å². The van der Waals surface area contributed by atoms with E-state index in [9.17, 15) is 9.90 Å². The quantitative estimate of drug-likeness (QED) is 0.783. The fourth-order valence-electron chi connectivity index (χ4n) is 3.24. The second-order valence-corrected chi connectivity index (χ2v) is 7.44. The summed E-state index contributed by atoms with van der Waals surface area (Å²) in [5, 5.41) is 9.29. The number of benzene rings is 1. The summed E-state index contributed by atoms with van der Waals surface area (Å²) < 4.78 is 12.6. The number of hydrogen-bond acceptors (Lipinski definition) is 4. The zero-order valence-corrected chi connectivity index (χ0v) is 15.0. The van der Waals surface area contributed by atoms with E-state index >= 15 is 0 Å². The first-order valence-corrected chi connectivity index (χ1v) is 8.71. The highest BCUT2D eigenvalue weighted by atomic mass is 79.9. The SMILES string of the molecule is COc1cc(Br)cc(C(CC(=O)O)C2CC2)c1OC1CN(C)C1. The Morgan fingerprint density at radius 3 is 2.65 bits per heavy atom. The van der Waals surface area contributed by atoms with Crippen molar-refractivity contribution in [2.24, 2.45) is 5.92 Å². The van der Waals surface area contributed by atoms with Gasteiger partial charge in [-0.25, -0.2) is 0 Å². The average Bonchev–Trinajstić information content (AvgIpc) is 3.28. The van der Waals surface area contributed by atoms with Crippen molar-refractivity contribution < 1.29 is 19.4 Å². The number of carboxylic acids is 1. The van der Waals surface area contributed by atoms with Crippen molar-refractivity contribution in [1.29, 1.82) is 0 Å². The van der Waals surface area contributed by atoms with Crippen molar-refractivity contribution in [3.63, 3.8) is 0 Å². The van der Waals surface area contributed by atoms with Crippen LogP contribution in [-0.2, 0) is 4.79 Å². The lowest BCUT2D eigenvalue weighted by molar-refractivity contribution is -0.137. The van der Waals surface area contributed by atoms with E-state index in [2.05, 4.69) is 27.9 Å². The molecule has 126 valence electrons. The van der Waals surface area contributed by atoms with Gasteiger partial charge in [-0.05, 0) is 37.9 Å². The molecule has 1 saturated heterocycles. The normalized spacial score (nSPS) is 20.0. The van der Waals surface area contributed by atoms with Crippen LogP contribution in [0.1, 0.15) is 30.7 Å². The molecule has 1 N–H and O–H groups in total. The molecule has 0 bridgehead atoms. The van der Waals surface area contributed by atoms with E-state index in [-0.39, 0.29) is 18.4 Å². The van der Waals surface area contributed by atoms with Crippen molar-refractivity contribution in [3.05, 3.63) is 22.2 Å². The Bertz CT molecular complexity index is 597. The van der Waals surface area contributed by atoms with Crippen LogP contribution in [0.2, 0.25) is 0 Å². The molecule has 0 amide bonds. The number of nitrogens with zero attached hydrogens (tertiary/aromatic N) is 1. The minimum Gasteiger partial charge on any atom is -0.493 e. The Kier molecular flexibility index (Phi) is 4.82. The number of aliphatic carboxylic acids is 1. The van der Waals surface area contributed by atoms with Gasteiger partial charge in [-0.2, -0.15) is 0 Å². The van der Waals surface area contributed by atoms with Crippen LogP contribution >= 0.6 is 15.9 Å². The summed E-state index contributed by atoms with van der Waals surface area (Å²) in [6, 6.07) is 3.87. The molecule has 3 rings (SSSR count). The molecule has 2 aliphatic rings. The Labute approximate surface area is 144 Å². The van der Waals surface area contributed by atoms with Gasteiger partial charge in [0.15, 0.2) is 11.5 Å². The molecular weight excluding hydrogens is 362 g/mol. The zero-order chi connectivity index (χ0) is 16.6. The first kappa shape index (κ1) is 16.6. The Morgan fingerprint density at radius 2 is 2.13 bits per heavy atom. The van der Waals surface area contributed by atoms with Crippen LogP contribution in [0.15, 0.2) is 16.6 Å². The third-order valence-corrected chi connectivity index (χ3v) is 5.03. The summed E-state index contributed by atoms with van der Waals surface area (Å²) >= 11 is 3.51. The van der Waals surface area contributed by atoms with Gasteiger partial charge in [0.25, 0.3) is 0 Å². The van der Waals surface area contributed by atoms with Crippen LogP contribution in [0.5, 0.6) is 11.5 Å². The van der Waals surface area contributed by atoms with Crippen molar-refractivity contribution in [3.8, 4) is 11.5 Å². The molecule has 1 aromatic rings. The van der Waals surface area contributed by atoms with Crippen LogP contribution in [0.4, 0.5) is 0 Å². The lowest BCUT2D eigenvalue weighted by atomic mass is 9.90. The highest BCUT2D eigenvalue weighted by Gasteiger charge is 2.37. The van der Waals surface area contributed by atoms with Crippen LogP contribution in [0, 0.1) is 5.92 Å². The van der Waals surface area contributed by atoms with E-state index in [0.717, 1.165) is 36.0 Å². The summed E-state index contributed by atoms with van der Waals surface area (Å²) in [7, 11) is 3.67. The van der Waals surface area contributed by atoms with E-state index in [1.165, 1.54) is 0 Å². The van der Waals surface area contributed by atoms with Crippen LogP contribution in [0.3, 0.4) is 0 Å². The molecule has 6 heteroatoms. The van der Waals surface area contributed by atoms with Crippen molar-refractivity contribution in [2.45, 2.75) is 31.3 Å². The lowest BCUT2D eigenvalue weighted by Gasteiger charge is -2.37. The molecule has 0 aromatic heterocycles. The second kappa shape index (κ2) is 6.69. The van der Waals surface area contributed by atoms with Crippen molar-refractivity contribution in [1.82, 2.24) is 4.90 Å². The number of ether oxygens (including phenoxy) is 2. The predicted octanol–water partition coefficient (Wildman–Crippen LogP) is 3.12. The summed E-state index contributed by atoms with van der Waals surface area (Å²) in [6.45, 7) is 1.76. The van der Waals surface area contributed by atoms with Gasteiger partial charge in [-0.15, -0.1) is 0 Å². The van der Waals surface area contributed by atoms with Crippen molar-refractivity contribution in [2.75, 3.05) is 27.2 Å². The van der Waals surface area contributed by atoms with Crippen LogP contribution in [-0.4, -0.2) is 49.3 Å². The van der Waals surface area contributed by atoms with E-state index in [4.69, 9.17) is 9.47 Å². The summed E-state index contributed by atoms with van der Waals surface area (Å²) in [4.78, 5) is 13.5. The topological polar surface area (TPSA) is 59.0 Å². The third-order valence-electron chi connectivity index (χ3n) is 4.57. The van der Waals surface area contributed by atoms with Gasteiger partial charge in [0, 0.05) is 29.0 Å². The molecule has 1 unspecified atom stereocenters. The first-order valence-electron chi connectivity index (χ1n) is 7.92. The molecule has 23 heavy (non-hydrogen) atoms. The molecule has 0 radical (unpaired) electrons. The maximum absolute atomic E-state index is 11.3. The van der Waals surface area contributed by atoms with Crippen LogP contribution < -0.4 is 9.47 Å². The van der Waals surface area contributed by atoms with E-state index < -0.39 is 5.97 Å². The number of likely N-dealkylation sites (tertiary alicyclic amines) is 1. The minimum atomic E-state index is -0.768. The number of carboxylic acid groups (broad SMARTS) is 1. The number of halogens is 1. The summed E-state index contributed by atoms with van der Waals surface area (Å²) in [5.41, 5.74) is 0.954. The van der Waals surface area contributed by atoms with Gasteiger partial charge in [0.2, 0.25) is 0 Å². The van der Waals surface area contributed by atoms with Gasteiger partial charge in [-0.3, -0.25) is 9.69 Å². The first-order chi connectivity index (χ1) is 11.0. The van der Waals surface area contributed by atoms with Gasteiger partial charge < -0.3 is 14.6 Å². The van der Waals surface area contributed by atoms with Crippen LogP contribution in [0.25, 0.3) is 0 Å². The predicted molar refractivity (Wildman–Crippen MR) is 90.3 cm³/mol. The Morgan fingerprint density at radius 1 is 1.43 bits per heavy atom. The summed E-state index contributed by atoms with van der Waals surface area (Å²) in [6.07, 6.45) is 2.43. The summed E-state index contributed by atoms with van der Waals surface area (Å²) in [5.74, 6) is 1.02. The molecule has 1 aliphatic heterocycles. The van der Waals surface area contributed by atoms with E-state index in [1.54, 1.807) is 7.11 Å². The Balaban J connectivity index is 1.95. The fraction of sp³-hybridized carbons (Fsp3) is 0.588. The van der Waals surface area contributed by atoms with Gasteiger partial charge in [0.05, 0.1) is 13.5 Å². The highest BCUT2D eigenvalue weighted by molar-refractivity contribution is 9.10. The molecule has 1 saturated carbocycles. The molecule has 5 nitrogen and oxygen atoms in total. The van der Waals surface area contributed by atoms with E-state index in [0.29, 0.717) is 17.4 Å². The number of rotatable bonds is 7. The van der Waals surface area contributed by atoms with E-state index in [1.807, 2.05) is 12.1 Å². The smallest absolute Gasteiger partial charge is 0.303 e. The molecule has 1 aliphatic carbocycles. The highest BCUT2D eigenvalue weighted by Crippen LogP contribution is 2.50. The third kappa shape index (κ3) is 3.80. The molecule has 1 heterocycles. The maximum atomic E-state index is 11.3. The van der Waals surface area contributed by atoms with Gasteiger partial charge in [0.1, 0.15) is 6.10 Å². The zero-order valence-electron chi connectivity index (χ0n) is 13.4. The number of methoxy groups -OCH3 is 1. The Hall–Kier alpha value is -1.27. The van der Waals surface area contributed by atoms with Gasteiger partial charge in [-0.1, -0.05) is 15.9 Å². The second-order valence-electron chi connectivity index (χ2n) is 6.53. The fourth-order valence-corrected chi connectivity index (χ4v) is 3.70. The molecule has 1 aromatic carbocycles. The number of hydrogen-bond donors (Lipinski definition) is 1. The maximum Gasteiger partial charge on any atom is 0.303 e. The minimum absolute atomic E-state index is 0.0216. The molecule has 0 spiro atoms. The largest absolute Gasteiger partial charge is 0.493 e. The average molecular weight is 384 g/mol. The number of carbonyl (C=O) groups is 1. The lowest BCUT2D eigenvalue weighted by Crippen LogP contribution is -2.51.